The average molecular weight is 737 g/mol. The molecule has 8 nitrogen and oxygen atoms in total. The lowest BCUT2D eigenvalue weighted by Gasteiger charge is -2.12. The number of rotatable bonds is 28. The largest absolute Gasteiger partial charge is 0.502 e. The van der Waals surface area contributed by atoms with Crippen molar-refractivity contribution < 1.29 is 38.0 Å². The molecule has 0 bridgehead atoms. The summed E-state index contributed by atoms with van der Waals surface area (Å²) in [5.74, 6) is 1.19. The quantitative estimate of drug-likeness (QED) is 0.0246. The summed E-state index contributed by atoms with van der Waals surface area (Å²) >= 11 is 0. The van der Waals surface area contributed by atoms with Crippen LogP contribution in [0.5, 0.6) is 23.0 Å². The van der Waals surface area contributed by atoms with Crippen molar-refractivity contribution in [2.45, 2.75) is 89.9 Å². The van der Waals surface area contributed by atoms with Gasteiger partial charge in [-0.25, -0.2) is 9.59 Å². The van der Waals surface area contributed by atoms with Gasteiger partial charge in [0.25, 0.3) is 0 Å². The Labute approximate surface area is 321 Å². The summed E-state index contributed by atoms with van der Waals surface area (Å²) in [5, 5.41) is 1.30. The molecule has 0 aliphatic rings. The van der Waals surface area contributed by atoms with Gasteiger partial charge in [0.05, 0.1) is 50.1 Å². The Hall–Kier alpha value is -5.24. The van der Waals surface area contributed by atoms with E-state index in [0.29, 0.717) is 58.1 Å². The molecule has 4 aromatic rings. The van der Waals surface area contributed by atoms with E-state index in [1.165, 1.54) is 63.9 Å². The van der Waals surface area contributed by atoms with Crippen LogP contribution in [0.25, 0.3) is 10.8 Å². The first-order valence-electron chi connectivity index (χ1n) is 19.5. The predicted molar refractivity (Wildman–Crippen MR) is 215 cm³/mol. The van der Waals surface area contributed by atoms with Crippen LogP contribution in [0, 0.1) is 0 Å². The number of ether oxygens (including phenoxy) is 6. The van der Waals surface area contributed by atoms with Crippen LogP contribution < -0.4 is 18.9 Å². The zero-order chi connectivity index (χ0) is 38.1. The van der Waals surface area contributed by atoms with Gasteiger partial charge in [-0.3, -0.25) is 0 Å². The van der Waals surface area contributed by atoms with E-state index in [2.05, 4.69) is 13.2 Å². The van der Waals surface area contributed by atoms with Crippen molar-refractivity contribution in [1.29, 1.82) is 0 Å². The Morgan fingerprint density at radius 3 is 1.11 bits per heavy atom. The average Bonchev–Trinajstić information content (AvgIpc) is 3.19. The fraction of sp³-hybridized carbons (Fsp3) is 0.391. The maximum atomic E-state index is 13.1. The van der Waals surface area contributed by atoms with Crippen LogP contribution in [-0.2, 0) is 9.47 Å². The molecular formula is C46H56O8. The molecule has 0 saturated heterocycles. The normalized spacial score (nSPS) is 10.7. The number of carbonyl (C=O) groups excluding carboxylic acids is 2. The van der Waals surface area contributed by atoms with Gasteiger partial charge >= 0.3 is 11.9 Å². The zero-order valence-electron chi connectivity index (χ0n) is 31.6. The Balaban J connectivity index is 1.18. The van der Waals surface area contributed by atoms with Crippen LogP contribution >= 0.6 is 0 Å². The van der Waals surface area contributed by atoms with Gasteiger partial charge in [0, 0.05) is 10.8 Å². The maximum absolute atomic E-state index is 13.1. The van der Waals surface area contributed by atoms with E-state index >= 15 is 0 Å². The minimum Gasteiger partial charge on any atom is -0.502 e. The Morgan fingerprint density at radius 1 is 0.426 bits per heavy atom. The van der Waals surface area contributed by atoms with E-state index in [0.717, 1.165) is 51.7 Å². The first-order chi connectivity index (χ1) is 26.6. The topological polar surface area (TPSA) is 89.5 Å². The second-order valence-corrected chi connectivity index (χ2v) is 13.2. The highest BCUT2D eigenvalue weighted by Crippen LogP contribution is 2.33. The second-order valence-electron chi connectivity index (χ2n) is 13.2. The van der Waals surface area contributed by atoms with Gasteiger partial charge in [0.15, 0.2) is 0 Å². The zero-order valence-corrected chi connectivity index (χ0v) is 31.6. The number of carbonyl (C=O) groups is 2. The summed E-state index contributed by atoms with van der Waals surface area (Å²) < 4.78 is 33.7. The first-order valence-corrected chi connectivity index (χ1v) is 19.5. The van der Waals surface area contributed by atoms with Crippen molar-refractivity contribution >= 4 is 22.7 Å². The molecule has 8 heteroatoms. The molecule has 0 aliphatic carbocycles. The highest BCUT2D eigenvalue weighted by molar-refractivity contribution is 5.99. The smallest absolute Gasteiger partial charge is 0.343 e. The maximum Gasteiger partial charge on any atom is 0.343 e. The Kier molecular flexibility index (Phi) is 19.1. The molecule has 4 aromatic carbocycles. The molecule has 0 fully saturated rings. The summed E-state index contributed by atoms with van der Waals surface area (Å²) in [6.45, 7) is 9.88. The number of fused-ring (bicyclic) bond motifs is 1. The third kappa shape index (κ3) is 15.0. The Bertz CT molecular complexity index is 1570. The SMILES string of the molecule is C=COCCCCCCCCCOc1ccc(C(=O)Oc2cccc3c(OC(=O)c4ccc(OCCCCCCCCCOC=C)cc4)cccc23)cc1. The summed E-state index contributed by atoms with van der Waals surface area (Å²) in [6.07, 6.45) is 19.0. The van der Waals surface area contributed by atoms with Gasteiger partial charge < -0.3 is 28.4 Å². The van der Waals surface area contributed by atoms with Crippen molar-refractivity contribution in [3.8, 4) is 23.0 Å². The highest BCUT2D eigenvalue weighted by Gasteiger charge is 2.15. The molecule has 0 N–H and O–H groups in total. The second kappa shape index (κ2) is 24.9. The fourth-order valence-corrected chi connectivity index (χ4v) is 6.01. The minimum absolute atomic E-state index is 0.372. The third-order valence-corrected chi connectivity index (χ3v) is 9.01. The van der Waals surface area contributed by atoms with Gasteiger partial charge in [0.2, 0.25) is 0 Å². The van der Waals surface area contributed by atoms with E-state index in [9.17, 15) is 9.59 Å². The van der Waals surface area contributed by atoms with Gasteiger partial charge in [-0.1, -0.05) is 102 Å². The molecule has 0 aromatic heterocycles. The van der Waals surface area contributed by atoms with Crippen LogP contribution in [0.4, 0.5) is 0 Å². The highest BCUT2D eigenvalue weighted by atomic mass is 16.5. The third-order valence-electron chi connectivity index (χ3n) is 9.01. The number of hydrogen-bond acceptors (Lipinski definition) is 8. The van der Waals surface area contributed by atoms with E-state index in [1.54, 1.807) is 72.8 Å². The first kappa shape index (κ1) is 41.5. The van der Waals surface area contributed by atoms with E-state index < -0.39 is 11.9 Å². The van der Waals surface area contributed by atoms with E-state index in [-0.39, 0.29) is 0 Å². The molecular weight excluding hydrogens is 680 g/mol. The van der Waals surface area contributed by atoms with Crippen LogP contribution in [0.1, 0.15) is 111 Å². The lowest BCUT2D eigenvalue weighted by Crippen LogP contribution is -2.10. The van der Waals surface area contributed by atoms with Gasteiger partial charge in [0.1, 0.15) is 23.0 Å². The van der Waals surface area contributed by atoms with Crippen molar-refractivity contribution in [3.63, 3.8) is 0 Å². The molecule has 0 atom stereocenters. The molecule has 0 radical (unpaired) electrons. The standard InChI is InChI=1S/C46H56O8/c1-3-49-33-15-11-7-5-9-13-17-35-51-39-29-25-37(26-30-39)45(47)53-43-23-19-22-42-41(43)21-20-24-44(42)54-46(48)38-27-31-40(32-28-38)52-36-18-14-10-6-8-12-16-34-50-4-2/h3-4,19-32H,1-2,5-18,33-36H2. The molecule has 4 rings (SSSR count). The van der Waals surface area contributed by atoms with Crippen LogP contribution in [0.15, 0.2) is 111 Å². The molecule has 0 spiro atoms. The van der Waals surface area contributed by atoms with Gasteiger partial charge in [-0.2, -0.15) is 0 Å². The number of unbranched alkanes of at least 4 members (excludes halogenated alkanes) is 12. The summed E-state index contributed by atoms with van der Waals surface area (Å²) in [5.41, 5.74) is 0.815. The molecule has 288 valence electrons. The number of hydrogen-bond donors (Lipinski definition) is 0. The summed E-state index contributed by atoms with van der Waals surface area (Å²) in [4.78, 5) is 26.2. The van der Waals surface area contributed by atoms with E-state index in [4.69, 9.17) is 28.4 Å². The van der Waals surface area contributed by atoms with Crippen LogP contribution in [0.3, 0.4) is 0 Å². The van der Waals surface area contributed by atoms with E-state index in [1.807, 2.05) is 12.1 Å². The molecule has 0 saturated carbocycles. The predicted octanol–water partition coefficient (Wildman–Crippen LogP) is 11.8. The minimum atomic E-state index is -0.490. The molecule has 54 heavy (non-hydrogen) atoms. The lowest BCUT2D eigenvalue weighted by molar-refractivity contribution is 0.0725. The van der Waals surface area contributed by atoms with Crippen molar-refractivity contribution in [1.82, 2.24) is 0 Å². The van der Waals surface area contributed by atoms with Crippen molar-refractivity contribution in [2.24, 2.45) is 0 Å². The molecule has 0 heterocycles. The molecule has 0 amide bonds. The number of esters is 2. The van der Waals surface area contributed by atoms with Gasteiger partial charge in [-0.15, -0.1) is 0 Å². The monoisotopic (exact) mass is 736 g/mol. The fourth-order valence-electron chi connectivity index (χ4n) is 6.01. The van der Waals surface area contributed by atoms with Crippen LogP contribution in [-0.4, -0.2) is 38.4 Å². The lowest BCUT2D eigenvalue weighted by atomic mass is 10.1. The molecule has 0 unspecified atom stereocenters. The van der Waals surface area contributed by atoms with Gasteiger partial charge in [-0.05, 0) is 86.3 Å². The summed E-state index contributed by atoms with van der Waals surface area (Å²) in [6, 6.07) is 24.6. The van der Waals surface area contributed by atoms with Crippen molar-refractivity contribution in [2.75, 3.05) is 26.4 Å². The van der Waals surface area contributed by atoms with Crippen LogP contribution in [0.2, 0.25) is 0 Å². The Morgan fingerprint density at radius 2 is 0.759 bits per heavy atom. The molecule has 0 aliphatic heterocycles. The number of benzene rings is 4. The summed E-state index contributed by atoms with van der Waals surface area (Å²) in [7, 11) is 0. The van der Waals surface area contributed by atoms with Crippen molar-refractivity contribution in [3.05, 3.63) is 122 Å².